The Kier molecular flexibility index (Phi) is 3.40. The third-order valence-corrected chi connectivity index (χ3v) is 3.48. The van der Waals surface area contributed by atoms with E-state index in [0.717, 1.165) is 16.5 Å². The first-order chi connectivity index (χ1) is 9.75. The topological polar surface area (TPSA) is 29.1 Å². The average molecular weight is 282 g/mol. The number of nitrogens with one attached hydrogen (secondary N) is 1. The molecule has 0 radical (unpaired) electrons. The highest BCUT2D eigenvalue weighted by atomic mass is 35.5. The van der Waals surface area contributed by atoms with Crippen molar-refractivity contribution >= 4 is 34.0 Å². The van der Waals surface area contributed by atoms with E-state index < -0.39 is 0 Å². The summed E-state index contributed by atoms with van der Waals surface area (Å²) in [6, 6.07) is 20.5. The van der Waals surface area contributed by atoms with E-state index in [9.17, 15) is 4.79 Å². The maximum Gasteiger partial charge on any atom is 0.255 e. The van der Waals surface area contributed by atoms with Crippen molar-refractivity contribution in [3.8, 4) is 0 Å². The maximum atomic E-state index is 12.2. The summed E-state index contributed by atoms with van der Waals surface area (Å²) >= 11 is 6.17. The summed E-state index contributed by atoms with van der Waals surface area (Å²) in [5, 5.41) is 5.47. The lowest BCUT2D eigenvalue weighted by Gasteiger charge is -2.10. The largest absolute Gasteiger partial charge is 0.321 e. The monoisotopic (exact) mass is 281 g/mol. The fourth-order valence-electron chi connectivity index (χ4n) is 2.16. The van der Waals surface area contributed by atoms with Crippen molar-refractivity contribution in [2.75, 3.05) is 5.32 Å². The zero-order chi connectivity index (χ0) is 13.9. The number of fused-ring (bicyclic) bond motifs is 1. The predicted molar refractivity (Wildman–Crippen MR) is 83.4 cm³/mol. The van der Waals surface area contributed by atoms with Crippen molar-refractivity contribution in [3.63, 3.8) is 0 Å². The molecule has 0 unspecified atom stereocenters. The second-order valence-corrected chi connectivity index (χ2v) is 4.87. The summed E-state index contributed by atoms with van der Waals surface area (Å²) in [4.78, 5) is 12.2. The SMILES string of the molecule is O=C(Nc1ccc(Cl)c2ccccc12)c1ccccc1. The first-order valence-corrected chi connectivity index (χ1v) is 6.67. The number of halogens is 1. The van der Waals surface area contributed by atoms with Gasteiger partial charge in [-0.05, 0) is 24.3 Å². The Morgan fingerprint density at radius 2 is 1.45 bits per heavy atom. The van der Waals surface area contributed by atoms with Crippen molar-refractivity contribution in [1.82, 2.24) is 0 Å². The molecular weight excluding hydrogens is 270 g/mol. The van der Waals surface area contributed by atoms with Crippen LogP contribution in [0.15, 0.2) is 66.7 Å². The van der Waals surface area contributed by atoms with Gasteiger partial charge in [-0.3, -0.25) is 4.79 Å². The van der Waals surface area contributed by atoms with Crippen molar-refractivity contribution in [1.29, 1.82) is 0 Å². The van der Waals surface area contributed by atoms with Gasteiger partial charge in [0.05, 0.1) is 0 Å². The second kappa shape index (κ2) is 5.35. The molecule has 0 aliphatic rings. The highest BCUT2D eigenvalue weighted by molar-refractivity contribution is 6.36. The van der Waals surface area contributed by atoms with E-state index in [4.69, 9.17) is 11.6 Å². The van der Waals surface area contributed by atoms with Crippen LogP contribution in [-0.2, 0) is 0 Å². The number of anilines is 1. The standard InChI is InChI=1S/C17H12ClNO/c18-15-10-11-16(14-9-5-4-8-13(14)15)19-17(20)12-6-2-1-3-7-12/h1-11H,(H,19,20). The Bertz CT molecular complexity index is 768. The minimum Gasteiger partial charge on any atom is -0.321 e. The van der Waals surface area contributed by atoms with Gasteiger partial charge in [-0.1, -0.05) is 54.1 Å². The van der Waals surface area contributed by atoms with Gasteiger partial charge in [-0.25, -0.2) is 0 Å². The first-order valence-electron chi connectivity index (χ1n) is 6.29. The molecule has 0 saturated heterocycles. The van der Waals surface area contributed by atoms with E-state index in [2.05, 4.69) is 5.32 Å². The van der Waals surface area contributed by atoms with Crippen molar-refractivity contribution in [2.45, 2.75) is 0 Å². The molecule has 3 aromatic rings. The molecule has 3 rings (SSSR count). The number of carbonyl (C=O) groups excluding carboxylic acids is 1. The smallest absolute Gasteiger partial charge is 0.255 e. The fraction of sp³-hybridized carbons (Fsp3) is 0. The molecule has 0 bridgehead atoms. The number of rotatable bonds is 2. The van der Waals surface area contributed by atoms with E-state index in [1.54, 1.807) is 18.2 Å². The quantitative estimate of drug-likeness (QED) is 0.722. The summed E-state index contributed by atoms with van der Waals surface area (Å²) in [6.07, 6.45) is 0. The normalized spacial score (nSPS) is 10.4. The van der Waals surface area contributed by atoms with E-state index in [1.807, 2.05) is 48.5 Å². The van der Waals surface area contributed by atoms with Gasteiger partial charge < -0.3 is 5.32 Å². The molecule has 0 aliphatic carbocycles. The highest BCUT2D eigenvalue weighted by Gasteiger charge is 2.09. The van der Waals surface area contributed by atoms with Crippen molar-refractivity contribution in [2.24, 2.45) is 0 Å². The minimum absolute atomic E-state index is 0.127. The van der Waals surface area contributed by atoms with Crippen LogP contribution in [0.25, 0.3) is 10.8 Å². The molecule has 0 spiro atoms. The van der Waals surface area contributed by atoms with E-state index in [-0.39, 0.29) is 5.91 Å². The molecule has 98 valence electrons. The fourth-order valence-corrected chi connectivity index (χ4v) is 2.38. The van der Waals surface area contributed by atoms with Gasteiger partial charge in [0, 0.05) is 27.0 Å². The molecule has 3 aromatic carbocycles. The predicted octanol–water partition coefficient (Wildman–Crippen LogP) is 4.75. The van der Waals surface area contributed by atoms with Gasteiger partial charge in [0.1, 0.15) is 0 Å². The zero-order valence-electron chi connectivity index (χ0n) is 10.6. The molecule has 3 heteroatoms. The van der Waals surface area contributed by atoms with Crippen LogP contribution in [0.1, 0.15) is 10.4 Å². The van der Waals surface area contributed by atoms with E-state index in [0.29, 0.717) is 10.6 Å². The molecule has 0 aliphatic heterocycles. The summed E-state index contributed by atoms with van der Waals surface area (Å²) in [5.74, 6) is -0.127. The number of hydrogen-bond acceptors (Lipinski definition) is 1. The van der Waals surface area contributed by atoms with Crippen LogP contribution in [0, 0.1) is 0 Å². The lowest BCUT2D eigenvalue weighted by molar-refractivity contribution is 0.102. The Labute approximate surface area is 122 Å². The number of benzene rings is 3. The third kappa shape index (κ3) is 2.38. The average Bonchev–Trinajstić information content (AvgIpc) is 2.51. The summed E-state index contributed by atoms with van der Waals surface area (Å²) in [7, 11) is 0. The number of carbonyl (C=O) groups is 1. The van der Waals surface area contributed by atoms with Crippen molar-refractivity contribution in [3.05, 3.63) is 77.3 Å². The molecule has 0 aromatic heterocycles. The number of hydrogen-bond donors (Lipinski definition) is 1. The lowest BCUT2D eigenvalue weighted by Crippen LogP contribution is -2.11. The molecule has 0 heterocycles. The number of amides is 1. The van der Waals surface area contributed by atoms with Crippen LogP contribution in [0.3, 0.4) is 0 Å². The van der Waals surface area contributed by atoms with Crippen LogP contribution in [0.2, 0.25) is 5.02 Å². The van der Waals surface area contributed by atoms with Gasteiger partial charge in [-0.2, -0.15) is 0 Å². The van der Waals surface area contributed by atoms with Crippen LogP contribution in [-0.4, -0.2) is 5.91 Å². The van der Waals surface area contributed by atoms with Crippen LogP contribution in [0.4, 0.5) is 5.69 Å². The third-order valence-electron chi connectivity index (χ3n) is 3.16. The molecule has 0 atom stereocenters. The molecule has 20 heavy (non-hydrogen) atoms. The molecule has 0 saturated carbocycles. The van der Waals surface area contributed by atoms with E-state index in [1.165, 1.54) is 0 Å². The van der Waals surface area contributed by atoms with Gasteiger partial charge in [0.2, 0.25) is 0 Å². The second-order valence-electron chi connectivity index (χ2n) is 4.46. The summed E-state index contributed by atoms with van der Waals surface area (Å²) < 4.78 is 0. The van der Waals surface area contributed by atoms with Gasteiger partial charge in [-0.15, -0.1) is 0 Å². The molecule has 1 N–H and O–H groups in total. The van der Waals surface area contributed by atoms with Gasteiger partial charge >= 0.3 is 0 Å². The molecule has 0 fully saturated rings. The Morgan fingerprint density at radius 1 is 0.800 bits per heavy atom. The maximum absolute atomic E-state index is 12.2. The van der Waals surface area contributed by atoms with Crippen LogP contribution < -0.4 is 5.32 Å². The molecular formula is C17H12ClNO. The van der Waals surface area contributed by atoms with Crippen molar-refractivity contribution < 1.29 is 4.79 Å². The summed E-state index contributed by atoms with van der Waals surface area (Å²) in [5.41, 5.74) is 1.39. The highest BCUT2D eigenvalue weighted by Crippen LogP contribution is 2.29. The van der Waals surface area contributed by atoms with Gasteiger partial charge in [0.25, 0.3) is 5.91 Å². The van der Waals surface area contributed by atoms with Gasteiger partial charge in [0.15, 0.2) is 0 Å². The Hall–Kier alpha value is -2.32. The lowest BCUT2D eigenvalue weighted by atomic mass is 10.1. The Morgan fingerprint density at radius 3 is 2.20 bits per heavy atom. The summed E-state index contributed by atoms with van der Waals surface area (Å²) in [6.45, 7) is 0. The van der Waals surface area contributed by atoms with E-state index >= 15 is 0 Å². The molecule has 1 amide bonds. The minimum atomic E-state index is -0.127. The zero-order valence-corrected chi connectivity index (χ0v) is 11.4. The first kappa shape index (κ1) is 12.7. The van der Waals surface area contributed by atoms with Crippen LogP contribution in [0.5, 0.6) is 0 Å². The Balaban J connectivity index is 2.00. The molecule has 2 nitrogen and oxygen atoms in total. The van der Waals surface area contributed by atoms with Crippen LogP contribution >= 0.6 is 11.6 Å².